The molecule has 8 heteroatoms. The molecule has 25 heavy (non-hydrogen) atoms. The number of carbonyl (C=O) groups excluding carboxylic acids is 1. The largest absolute Gasteiger partial charge is 0.356 e. The second kappa shape index (κ2) is 8.07. The summed E-state index contributed by atoms with van der Waals surface area (Å²) in [6.07, 6.45) is 3.98. The standard InChI is InChI=1S/C17H27N5O3/c1-21(2)7-3-6-18-16(23)14-12-15(20-13-19-14)22-8-4-17(5-9-22)24-10-11-25-17/h12-13H,3-11H2,1-2H3,(H,18,23). The number of piperidine rings is 1. The van der Waals surface area contributed by atoms with Crippen LogP contribution in [0.25, 0.3) is 0 Å². The maximum Gasteiger partial charge on any atom is 0.270 e. The highest BCUT2D eigenvalue weighted by Gasteiger charge is 2.40. The van der Waals surface area contributed by atoms with Crippen molar-refractivity contribution in [2.24, 2.45) is 0 Å². The molecule has 3 rings (SSSR count). The van der Waals surface area contributed by atoms with Crippen LogP contribution in [0.4, 0.5) is 5.82 Å². The van der Waals surface area contributed by atoms with Crippen molar-refractivity contribution in [3.05, 3.63) is 18.1 Å². The number of nitrogens with zero attached hydrogens (tertiary/aromatic N) is 4. The van der Waals surface area contributed by atoms with E-state index in [4.69, 9.17) is 9.47 Å². The Bertz CT molecular complexity index is 579. The minimum atomic E-state index is -0.407. The van der Waals surface area contributed by atoms with E-state index < -0.39 is 5.79 Å². The van der Waals surface area contributed by atoms with Crippen molar-refractivity contribution in [1.29, 1.82) is 0 Å². The van der Waals surface area contributed by atoms with Crippen LogP contribution in [0.3, 0.4) is 0 Å². The summed E-state index contributed by atoms with van der Waals surface area (Å²) in [6.45, 7) is 4.51. The van der Waals surface area contributed by atoms with Crippen molar-refractivity contribution >= 4 is 11.7 Å². The molecule has 1 spiro atoms. The Balaban J connectivity index is 1.53. The zero-order valence-corrected chi connectivity index (χ0v) is 15.0. The molecule has 138 valence electrons. The van der Waals surface area contributed by atoms with E-state index in [2.05, 4.69) is 25.1 Å². The first kappa shape index (κ1) is 18.0. The lowest BCUT2D eigenvalue weighted by Gasteiger charge is -2.38. The third kappa shape index (κ3) is 4.65. The van der Waals surface area contributed by atoms with Gasteiger partial charge in [0.1, 0.15) is 17.8 Å². The Morgan fingerprint density at radius 3 is 2.68 bits per heavy atom. The fraction of sp³-hybridized carbons (Fsp3) is 0.706. The molecule has 1 aromatic rings. The van der Waals surface area contributed by atoms with Gasteiger partial charge in [-0.3, -0.25) is 4.79 Å². The molecule has 0 atom stereocenters. The predicted octanol–water partition coefficient (Wildman–Crippen LogP) is 0.501. The number of aromatic nitrogens is 2. The predicted molar refractivity (Wildman–Crippen MR) is 93.6 cm³/mol. The van der Waals surface area contributed by atoms with Crippen LogP contribution in [0.15, 0.2) is 12.4 Å². The zero-order valence-electron chi connectivity index (χ0n) is 15.0. The topological polar surface area (TPSA) is 79.8 Å². The molecule has 0 radical (unpaired) electrons. The molecule has 3 heterocycles. The molecule has 0 aliphatic carbocycles. The summed E-state index contributed by atoms with van der Waals surface area (Å²) >= 11 is 0. The number of amides is 1. The van der Waals surface area contributed by atoms with Gasteiger partial charge in [-0.1, -0.05) is 0 Å². The molecule has 0 unspecified atom stereocenters. The normalized spacial score (nSPS) is 19.6. The van der Waals surface area contributed by atoms with Gasteiger partial charge in [0, 0.05) is 38.5 Å². The number of nitrogens with one attached hydrogen (secondary N) is 1. The van der Waals surface area contributed by atoms with Crippen molar-refractivity contribution in [2.75, 3.05) is 58.4 Å². The Morgan fingerprint density at radius 1 is 1.28 bits per heavy atom. The molecule has 1 amide bonds. The van der Waals surface area contributed by atoms with E-state index in [0.717, 1.165) is 44.7 Å². The van der Waals surface area contributed by atoms with Gasteiger partial charge in [-0.15, -0.1) is 0 Å². The van der Waals surface area contributed by atoms with Gasteiger partial charge < -0.3 is 24.6 Å². The molecular formula is C17H27N5O3. The number of hydrogen-bond donors (Lipinski definition) is 1. The van der Waals surface area contributed by atoms with E-state index in [1.165, 1.54) is 6.33 Å². The van der Waals surface area contributed by atoms with E-state index in [0.29, 0.717) is 25.5 Å². The smallest absolute Gasteiger partial charge is 0.270 e. The number of anilines is 1. The van der Waals surface area contributed by atoms with Crippen LogP contribution < -0.4 is 10.2 Å². The highest BCUT2D eigenvalue weighted by atomic mass is 16.7. The van der Waals surface area contributed by atoms with E-state index in [1.54, 1.807) is 6.07 Å². The summed E-state index contributed by atoms with van der Waals surface area (Å²) in [7, 11) is 4.03. The SMILES string of the molecule is CN(C)CCCNC(=O)c1cc(N2CCC3(CC2)OCCO3)ncn1. The van der Waals surface area contributed by atoms with Crippen molar-refractivity contribution < 1.29 is 14.3 Å². The average molecular weight is 349 g/mol. The van der Waals surface area contributed by atoms with Crippen molar-refractivity contribution in [3.8, 4) is 0 Å². The zero-order chi connectivity index (χ0) is 17.7. The Hall–Kier alpha value is -1.77. The Kier molecular flexibility index (Phi) is 5.82. The summed E-state index contributed by atoms with van der Waals surface area (Å²) in [4.78, 5) is 24.9. The van der Waals surface area contributed by atoms with Gasteiger partial charge in [0.25, 0.3) is 5.91 Å². The van der Waals surface area contributed by atoms with Crippen molar-refractivity contribution in [1.82, 2.24) is 20.2 Å². The van der Waals surface area contributed by atoms with Gasteiger partial charge in [0.2, 0.25) is 0 Å². The second-order valence-corrected chi connectivity index (χ2v) is 6.77. The monoisotopic (exact) mass is 349 g/mol. The number of ether oxygens (including phenoxy) is 2. The van der Waals surface area contributed by atoms with Crippen LogP contribution in [0, 0.1) is 0 Å². The molecule has 2 saturated heterocycles. The first-order chi connectivity index (χ1) is 12.1. The van der Waals surface area contributed by atoms with E-state index in [1.807, 2.05) is 14.1 Å². The van der Waals surface area contributed by atoms with Gasteiger partial charge in [0.05, 0.1) is 13.2 Å². The molecule has 2 aliphatic rings. The lowest BCUT2D eigenvalue weighted by atomic mass is 10.0. The molecule has 8 nitrogen and oxygen atoms in total. The average Bonchev–Trinajstić information content (AvgIpc) is 3.07. The summed E-state index contributed by atoms with van der Waals surface area (Å²) in [5, 5.41) is 2.91. The van der Waals surface area contributed by atoms with Crippen LogP contribution in [0.5, 0.6) is 0 Å². The van der Waals surface area contributed by atoms with Gasteiger partial charge >= 0.3 is 0 Å². The maximum atomic E-state index is 12.3. The third-order valence-electron chi connectivity index (χ3n) is 4.62. The molecule has 2 aliphatic heterocycles. The van der Waals surface area contributed by atoms with Crippen LogP contribution in [-0.2, 0) is 9.47 Å². The van der Waals surface area contributed by atoms with Crippen LogP contribution >= 0.6 is 0 Å². The lowest BCUT2D eigenvalue weighted by molar-refractivity contribution is -0.169. The Labute approximate surface area is 148 Å². The molecule has 0 aromatic carbocycles. The van der Waals surface area contributed by atoms with E-state index in [9.17, 15) is 4.79 Å². The van der Waals surface area contributed by atoms with Gasteiger partial charge in [-0.2, -0.15) is 0 Å². The van der Waals surface area contributed by atoms with E-state index >= 15 is 0 Å². The molecule has 2 fully saturated rings. The van der Waals surface area contributed by atoms with E-state index in [-0.39, 0.29) is 5.91 Å². The first-order valence-corrected chi connectivity index (χ1v) is 8.86. The van der Waals surface area contributed by atoms with Crippen molar-refractivity contribution in [3.63, 3.8) is 0 Å². The highest BCUT2D eigenvalue weighted by molar-refractivity contribution is 5.92. The number of carbonyl (C=O) groups is 1. The summed E-state index contributed by atoms with van der Waals surface area (Å²) in [5.41, 5.74) is 0.406. The van der Waals surface area contributed by atoms with Crippen LogP contribution in [0.2, 0.25) is 0 Å². The minimum Gasteiger partial charge on any atom is -0.356 e. The second-order valence-electron chi connectivity index (χ2n) is 6.77. The number of hydrogen-bond acceptors (Lipinski definition) is 7. The molecule has 1 N–H and O–H groups in total. The fourth-order valence-electron chi connectivity index (χ4n) is 3.19. The van der Waals surface area contributed by atoms with Crippen molar-refractivity contribution in [2.45, 2.75) is 25.0 Å². The van der Waals surface area contributed by atoms with Crippen LogP contribution in [-0.4, -0.2) is 80.1 Å². The van der Waals surface area contributed by atoms with Gasteiger partial charge in [-0.05, 0) is 27.1 Å². The molecule has 1 aromatic heterocycles. The first-order valence-electron chi connectivity index (χ1n) is 8.86. The van der Waals surface area contributed by atoms with Gasteiger partial charge in [0.15, 0.2) is 5.79 Å². The van der Waals surface area contributed by atoms with Crippen LogP contribution in [0.1, 0.15) is 29.8 Å². The lowest BCUT2D eigenvalue weighted by Crippen LogP contribution is -2.45. The Morgan fingerprint density at radius 2 is 2.00 bits per heavy atom. The molecule has 0 bridgehead atoms. The molecular weight excluding hydrogens is 322 g/mol. The highest BCUT2D eigenvalue weighted by Crippen LogP contribution is 2.32. The maximum absolute atomic E-state index is 12.3. The summed E-state index contributed by atoms with van der Waals surface area (Å²) in [5.74, 6) is 0.218. The minimum absolute atomic E-state index is 0.154. The third-order valence-corrected chi connectivity index (χ3v) is 4.62. The van der Waals surface area contributed by atoms with Gasteiger partial charge in [-0.25, -0.2) is 9.97 Å². The number of rotatable bonds is 6. The summed E-state index contributed by atoms with van der Waals surface area (Å²) < 4.78 is 11.5. The quantitative estimate of drug-likeness (QED) is 0.749. The molecule has 0 saturated carbocycles. The summed E-state index contributed by atoms with van der Waals surface area (Å²) in [6, 6.07) is 1.76. The fourth-order valence-corrected chi connectivity index (χ4v) is 3.19.